The van der Waals surface area contributed by atoms with Gasteiger partial charge < -0.3 is 15.2 Å². The SMILES string of the molecule is CC(=O)Nc1ccc(NC(=O)[C@H](C)Sc2nnc(C(F)(F)F)n2C)cc1. The summed E-state index contributed by atoms with van der Waals surface area (Å²) in [7, 11) is 1.19. The van der Waals surface area contributed by atoms with Crippen molar-refractivity contribution >= 4 is 35.0 Å². The van der Waals surface area contributed by atoms with Gasteiger partial charge in [0.15, 0.2) is 5.16 Å². The first-order chi connectivity index (χ1) is 12.1. The number of halogens is 3. The van der Waals surface area contributed by atoms with E-state index in [4.69, 9.17) is 0 Å². The molecule has 0 aliphatic heterocycles. The highest BCUT2D eigenvalue weighted by molar-refractivity contribution is 8.00. The molecular formula is C15H16F3N5O2S. The third-order valence-electron chi connectivity index (χ3n) is 3.21. The zero-order chi connectivity index (χ0) is 19.5. The Labute approximate surface area is 151 Å². The van der Waals surface area contributed by atoms with Crippen LogP contribution in [0.15, 0.2) is 29.4 Å². The van der Waals surface area contributed by atoms with Crippen LogP contribution >= 0.6 is 11.8 Å². The van der Waals surface area contributed by atoms with Crippen LogP contribution in [0.1, 0.15) is 19.7 Å². The summed E-state index contributed by atoms with van der Waals surface area (Å²) in [6.07, 6.45) is -4.61. The van der Waals surface area contributed by atoms with E-state index >= 15 is 0 Å². The molecule has 140 valence electrons. The van der Waals surface area contributed by atoms with Crippen LogP contribution in [0.3, 0.4) is 0 Å². The van der Waals surface area contributed by atoms with Gasteiger partial charge in [-0.2, -0.15) is 13.2 Å². The Balaban J connectivity index is 2.00. The summed E-state index contributed by atoms with van der Waals surface area (Å²) in [6.45, 7) is 2.93. The van der Waals surface area contributed by atoms with Crippen LogP contribution in [0.25, 0.3) is 0 Å². The summed E-state index contributed by atoms with van der Waals surface area (Å²) in [5.74, 6) is -1.74. The van der Waals surface area contributed by atoms with Crippen molar-refractivity contribution in [1.29, 1.82) is 0 Å². The number of carbonyl (C=O) groups excluding carboxylic acids is 2. The molecule has 1 atom stereocenters. The molecular weight excluding hydrogens is 371 g/mol. The standard InChI is InChI=1S/C15H16F3N5O2S/c1-8(26-14-22-21-13(23(14)3)15(16,17)18)12(25)20-11-6-4-10(5-7-11)19-9(2)24/h4-8H,1-3H3,(H,19,24)(H,20,25)/t8-/m0/s1. The maximum absolute atomic E-state index is 12.7. The predicted octanol–water partition coefficient (Wildman–Crippen LogP) is 2.91. The molecule has 2 amide bonds. The Morgan fingerprint density at radius 1 is 1.12 bits per heavy atom. The lowest BCUT2D eigenvalue weighted by atomic mass is 10.2. The Hall–Kier alpha value is -2.56. The molecule has 0 saturated heterocycles. The highest BCUT2D eigenvalue weighted by Crippen LogP contribution is 2.31. The van der Waals surface area contributed by atoms with Crippen LogP contribution in [0, 0.1) is 0 Å². The number of hydrogen-bond donors (Lipinski definition) is 2. The summed E-state index contributed by atoms with van der Waals surface area (Å²) in [5.41, 5.74) is 1.07. The van der Waals surface area contributed by atoms with E-state index in [0.717, 1.165) is 16.3 Å². The number of benzene rings is 1. The first-order valence-electron chi connectivity index (χ1n) is 7.39. The molecule has 26 heavy (non-hydrogen) atoms. The van der Waals surface area contributed by atoms with E-state index in [2.05, 4.69) is 20.8 Å². The molecule has 0 saturated carbocycles. The normalized spacial score (nSPS) is 12.5. The molecule has 11 heteroatoms. The highest BCUT2D eigenvalue weighted by Gasteiger charge is 2.37. The maximum atomic E-state index is 12.7. The van der Waals surface area contributed by atoms with Crippen LogP contribution in [0.4, 0.5) is 24.5 Å². The number of aromatic nitrogens is 3. The average Bonchev–Trinajstić information content (AvgIpc) is 2.89. The van der Waals surface area contributed by atoms with Crippen LogP contribution in [-0.4, -0.2) is 31.8 Å². The molecule has 0 bridgehead atoms. The van der Waals surface area contributed by atoms with Crippen molar-refractivity contribution in [1.82, 2.24) is 14.8 Å². The van der Waals surface area contributed by atoms with Crippen molar-refractivity contribution in [2.24, 2.45) is 7.05 Å². The molecule has 1 heterocycles. The lowest BCUT2D eigenvalue weighted by molar-refractivity contribution is -0.147. The highest BCUT2D eigenvalue weighted by atomic mass is 32.2. The number of carbonyl (C=O) groups is 2. The van der Waals surface area contributed by atoms with Crippen LogP contribution in [-0.2, 0) is 22.8 Å². The molecule has 0 aliphatic carbocycles. The lowest BCUT2D eigenvalue weighted by Gasteiger charge is -2.12. The molecule has 1 aromatic heterocycles. The second-order valence-electron chi connectivity index (χ2n) is 5.37. The van der Waals surface area contributed by atoms with E-state index in [1.807, 2.05) is 0 Å². The van der Waals surface area contributed by atoms with E-state index in [9.17, 15) is 22.8 Å². The van der Waals surface area contributed by atoms with Crippen molar-refractivity contribution in [3.63, 3.8) is 0 Å². The minimum Gasteiger partial charge on any atom is -0.326 e. The number of rotatable bonds is 5. The molecule has 0 spiro atoms. The monoisotopic (exact) mass is 387 g/mol. The van der Waals surface area contributed by atoms with Crippen LogP contribution < -0.4 is 10.6 Å². The number of alkyl halides is 3. The molecule has 0 radical (unpaired) electrons. The number of nitrogens with one attached hydrogen (secondary N) is 2. The van der Waals surface area contributed by atoms with Crippen molar-refractivity contribution < 1.29 is 22.8 Å². The average molecular weight is 387 g/mol. The Morgan fingerprint density at radius 2 is 1.65 bits per heavy atom. The summed E-state index contributed by atoms with van der Waals surface area (Å²) in [6, 6.07) is 6.44. The van der Waals surface area contributed by atoms with E-state index in [1.54, 1.807) is 31.2 Å². The van der Waals surface area contributed by atoms with Crippen LogP contribution in [0.2, 0.25) is 0 Å². The Kier molecular flexibility index (Phi) is 5.90. The minimum absolute atomic E-state index is 0.0130. The van der Waals surface area contributed by atoms with Gasteiger partial charge in [0, 0.05) is 25.3 Å². The van der Waals surface area contributed by atoms with Crippen molar-refractivity contribution in [2.75, 3.05) is 10.6 Å². The third kappa shape index (κ3) is 4.97. The molecule has 0 unspecified atom stereocenters. The Morgan fingerprint density at radius 3 is 2.12 bits per heavy atom. The van der Waals surface area contributed by atoms with Crippen molar-refractivity contribution in [3.05, 3.63) is 30.1 Å². The summed E-state index contributed by atoms with van der Waals surface area (Å²) in [4.78, 5) is 23.2. The lowest BCUT2D eigenvalue weighted by Crippen LogP contribution is -2.23. The third-order valence-corrected chi connectivity index (χ3v) is 4.35. The van der Waals surface area contributed by atoms with Gasteiger partial charge in [0.05, 0.1) is 5.25 Å². The minimum atomic E-state index is -4.61. The molecule has 1 aromatic carbocycles. The molecule has 2 aromatic rings. The number of anilines is 2. The van der Waals surface area contributed by atoms with E-state index < -0.39 is 23.2 Å². The Bertz CT molecular complexity index is 805. The molecule has 0 aliphatic rings. The maximum Gasteiger partial charge on any atom is 0.451 e. The van der Waals surface area contributed by atoms with E-state index in [-0.39, 0.29) is 11.1 Å². The second kappa shape index (κ2) is 7.77. The van der Waals surface area contributed by atoms with Gasteiger partial charge in [0.1, 0.15) is 0 Å². The molecule has 0 fully saturated rings. The number of nitrogens with zero attached hydrogens (tertiary/aromatic N) is 3. The van der Waals surface area contributed by atoms with Gasteiger partial charge in [-0.1, -0.05) is 11.8 Å². The van der Waals surface area contributed by atoms with Gasteiger partial charge in [0.2, 0.25) is 17.6 Å². The first-order valence-corrected chi connectivity index (χ1v) is 8.27. The second-order valence-corrected chi connectivity index (χ2v) is 6.68. The number of hydrogen-bond acceptors (Lipinski definition) is 5. The fraction of sp³-hybridized carbons (Fsp3) is 0.333. The van der Waals surface area contributed by atoms with Gasteiger partial charge in [-0.05, 0) is 31.2 Å². The molecule has 2 rings (SSSR count). The van der Waals surface area contributed by atoms with Gasteiger partial charge in [-0.25, -0.2) is 0 Å². The first kappa shape index (κ1) is 19.8. The number of amides is 2. The smallest absolute Gasteiger partial charge is 0.326 e. The van der Waals surface area contributed by atoms with Crippen molar-refractivity contribution in [3.8, 4) is 0 Å². The zero-order valence-corrected chi connectivity index (χ0v) is 14.9. The van der Waals surface area contributed by atoms with Gasteiger partial charge in [-0.3, -0.25) is 9.59 Å². The van der Waals surface area contributed by atoms with Gasteiger partial charge >= 0.3 is 6.18 Å². The quantitative estimate of drug-likeness (QED) is 0.770. The topological polar surface area (TPSA) is 88.9 Å². The molecule has 7 nitrogen and oxygen atoms in total. The van der Waals surface area contributed by atoms with E-state index in [1.165, 1.54) is 14.0 Å². The zero-order valence-electron chi connectivity index (χ0n) is 14.1. The summed E-state index contributed by atoms with van der Waals surface area (Å²) in [5, 5.41) is 11.1. The van der Waals surface area contributed by atoms with Crippen molar-refractivity contribution in [2.45, 2.75) is 30.4 Å². The van der Waals surface area contributed by atoms with Crippen LogP contribution in [0.5, 0.6) is 0 Å². The molecule has 2 N–H and O–H groups in total. The predicted molar refractivity (Wildman–Crippen MR) is 90.7 cm³/mol. The number of thioether (sulfide) groups is 1. The summed E-state index contributed by atoms with van der Waals surface area (Å²) < 4.78 is 39.0. The van der Waals surface area contributed by atoms with Gasteiger partial charge in [0.25, 0.3) is 0 Å². The largest absolute Gasteiger partial charge is 0.451 e. The fourth-order valence-electron chi connectivity index (χ4n) is 1.96. The fourth-order valence-corrected chi connectivity index (χ4v) is 2.77. The van der Waals surface area contributed by atoms with Gasteiger partial charge in [-0.15, -0.1) is 10.2 Å². The summed E-state index contributed by atoms with van der Waals surface area (Å²) >= 11 is 0.866. The van der Waals surface area contributed by atoms with E-state index in [0.29, 0.717) is 11.4 Å².